The molecular formula is C43H49N2+. The minimum absolute atomic E-state index is 0.0237. The lowest BCUT2D eigenvalue weighted by Gasteiger charge is -2.26. The number of aromatic nitrogens is 2. The standard InChI is InChI=1S/C43H49N2/c1-23(2)29-21-31(24(3)4)38(32(22-29)25(5)6)33-20-28-17-18-44(12)41-36-27(8)26(7)19-34(43(9,10)11)40(36)45-35-16-14-13-15-30(35)39(33)42(45)37(28)41/h13-25H,1-12H3/q+1. The van der Waals surface area contributed by atoms with E-state index in [0.29, 0.717) is 17.8 Å². The zero-order chi connectivity index (χ0) is 32.3. The zero-order valence-electron chi connectivity index (χ0n) is 29.4. The van der Waals surface area contributed by atoms with Crippen LogP contribution in [0.25, 0.3) is 60.1 Å². The second-order valence-electron chi connectivity index (χ2n) is 15.6. The zero-order valence-corrected chi connectivity index (χ0v) is 29.4. The van der Waals surface area contributed by atoms with Crippen LogP contribution < -0.4 is 4.57 Å². The van der Waals surface area contributed by atoms with Crippen molar-refractivity contribution in [1.82, 2.24) is 4.40 Å². The maximum absolute atomic E-state index is 2.65. The van der Waals surface area contributed by atoms with Gasteiger partial charge in [-0.05, 0) is 99.0 Å². The van der Waals surface area contributed by atoms with Crippen LogP contribution in [0, 0.1) is 13.8 Å². The molecule has 4 aromatic carbocycles. The molecule has 2 nitrogen and oxygen atoms in total. The molecule has 230 valence electrons. The number of aryl methyl sites for hydroxylation is 3. The third-order valence-electron chi connectivity index (χ3n) is 10.5. The van der Waals surface area contributed by atoms with E-state index in [0.717, 1.165) is 0 Å². The van der Waals surface area contributed by atoms with Gasteiger partial charge >= 0.3 is 0 Å². The second kappa shape index (κ2) is 10.0. The predicted molar refractivity (Wildman–Crippen MR) is 196 cm³/mol. The van der Waals surface area contributed by atoms with Gasteiger partial charge in [0.1, 0.15) is 7.05 Å². The molecule has 7 aromatic rings. The Balaban J connectivity index is 1.85. The molecule has 3 heterocycles. The van der Waals surface area contributed by atoms with Gasteiger partial charge in [0, 0.05) is 16.8 Å². The van der Waals surface area contributed by atoms with E-state index in [1.54, 1.807) is 0 Å². The van der Waals surface area contributed by atoms with E-state index in [1.165, 1.54) is 93.5 Å². The topological polar surface area (TPSA) is 8.29 Å². The van der Waals surface area contributed by atoms with Crippen LogP contribution in [0.1, 0.15) is 113 Å². The summed E-state index contributed by atoms with van der Waals surface area (Å²) in [6.07, 6.45) is 2.28. The van der Waals surface area contributed by atoms with Crippen LogP contribution in [0.3, 0.4) is 0 Å². The highest BCUT2D eigenvalue weighted by Crippen LogP contribution is 2.50. The lowest BCUT2D eigenvalue weighted by atomic mass is 9.80. The molecule has 0 spiro atoms. The molecule has 0 saturated heterocycles. The summed E-state index contributed by atoms with van der Waals surface area (Å²) in [6.45, 7) is 25.8. The molecule has 0 aliphatic carbocycles. The highest BCUT2D eigenvalue weighted by Gasteiger charge is 2.31. The number of rotatable bonds is 4. The molecule has 0 radical (unpaired) electrons. The fourth-order valence-electron chi connectivity index (χ4n) is 8.00. The van der Waals surface area contributed by atoms with Gasteiger partial charge < -0.3 is 4.40 Å². The average molecular weight is 594 g/mol. The van der Waals surface area contributed by atoms with E-state index in [9.17, 15) is 0 Å². The summed E-state index contributed by atoms with van der Waals surface area (Å²) in [5.41, 5.74) is 16.6. The van der Waals surface area contributed by atoms with Crippen LogP contribution in [0.2, 0.25) is 0 Å². The van der Waals surface area contributed by atoms with Crippen molar-refractivity contribution in [2.75, 3.05) is 0 Å². The van der Waals surface area contributed by atoms with Crippen LogP contribution in [0.15, 0.2) is 60.8 Å². The molecule has 7 rings (SSSR count). The Bertz CT molecular complexity index is 2270. The number of fused-ring (bicyclic) bond motifs is 6. The maximum Gasteiger partial charge on any atom is 0.224 e. The fraction of sp³-hybridized carbons (Fsp3) is 0.372. The SMILES string of the molecule is Cc1cc(C(C)(C)C)c2c(c1C)c1c3c(cc[n+]1C)cc(-c1c(C(C)C)cc(C(C)C)cc1C(C)C)c1c4ccccc4n2c13. The van der Waals surface area contributed by atoms with E-state index in [2.05, 4.69) is 153 Å². The van der Waals surface area contributed by atoms with Crippen molar-refractivity contribution in [3.05, 3.63) is 94.2 Å². The molecule has 0 aliphatic heterocycles. The lowest BCUT2D eigenvalue weighted by Crippen LogP contribution is -2.29. The predicted octanol–water partition coefficient (Wildman–Crippen LogP) is 11.8. The monoisotopic (exact) mass is 593 g/mol. The fourth-order valence-corrected chi connectivity index (χ4v) is 8.00. The van der Waals surface area contributed by atoms with Crippen molar-refractivity contribution in [1.29, 1.82) is 0 Å². The summed E-state index contributed by atoms with van der Waals surface area (Å²) >= 11 is 0. The number of hydrogen-bond donors (Lipinski definition) is 0. The van der Waals surface area contributed by atoms with Gasteiger partial charge in [-0.15, -0.1) is 0 Å². The summed E-state index contributed by atoms with van der Waals surface area (Å²) in [7, 11) is 2.23. The molecule has 0 atom stereocenters. The molecule has 0 amide bonds. The second-order valence-corrected chi connectivity index (χ2v) is 15.6. The van der Waals surface area contributed by atoms with Crippen molar-refractivity contribution in [2.45, 2.75) is 99.3 Å². The molecule has 45 heavy (non-hydrogen) atoms. The van der Waals surface area contributed by atoms with Gasteiger partial charge in [0.05, 0.1) is 27.3 Å². The number of hydrogen-bond acceptors (Lipinski definition) is 0. The van der Waals surface area contributed by atoms with E-state index >= 15 is 0 Å². The normalized spacial score (nSPS) is 13.0. The molecular weight excluding hydrogens is 544 g/mol. The lowest BCUT2D eigenvalue weighted by molar-refractivity contribution is -0.643. The quantitative estimate of drug-likeness (QED) is 0.109. The first-order chi connectivity index (χ1) is 21.2. The van der Waals surface area contributed by atoms with Crippen molar-refractivity contribution >= 4 is 49.0 Å². The van der Waals surface area contributed by atoms with Gasteiger partial charge in [0.25, 0.3) is 0 Å². The smallest absolute Gasteiger partial charge is 0.224 e. The van der Waals surface area contributed by atoms with E-state index < -0.39 is 0 Å². The largest absolute Gasteiger partial charge is 0.307 e. The van der Waals surface area contributed by atoms with Crippen molar-refractivity contribution < 1.29 is 4.57 Å². The molecule has 0 N–H and O–H groups in total. The average Bonchev–Trinajstić information content (AvgIpc) is 3.33. The van der Waals surface area contributed by atoms with Crippen LogP contribution in [-0.4, -0.2) is 4.40 Å². The molecule has 0 fully saturated rings. The first kappa shape index (κ1) is 29.8. The van der Waals surface area contributed by atoms with Gasteiger partial charge in [-0.2, -0.15) is 0 Å². The van der Waals surface area contributed by atoms with Gasteiger partial charge in [-0.1, -0.05) is 98.7 Å². The highest BCUT2D eigenvalue weighted by atomic mass is 15.0. The summed E-state index contributed by atoms with van der Waals surface area (Å²) in [5.74, 6) is 1.30. The van der Waals surface area contributed by atoms with Gasteiger partial charge in [0.15, 0.2) is 6.20 Å². The van der Waals surface area contributed by atoms with Gasteiger partial charge in [0.2, 0.25) is 5.52 Å². The number of para-hydroxylation sites is 1. The van der Waals surface area contributed by atoms with Crippen molar-refractivity contribution in [3.63, 3.8) is 0 Å². The minimum Gasteiger partial charge on any atom is -0.307 e. The van der Waals surface area contributed by atoms with Gasteiger partial charge in [-0.3, -0.25) is 0 Å². The molecule has 0 unspecified atom stereocenters. The molecule has 2 heteroatoms. The highest BCUT2D eigenvalue weighted by molar-refractivity contribution is 6.31. The van der Waals surface area contributed by atoms with E-state index in [-0.39, 0.29) is 5.41 Å². The summed E-state index contributed by atoms with van der Waals surface area (Å²) in [6, 6.07) is 21.5. The van der Waals surface area contributed by atoms with E-state index in [1.807, 2.05) is 0 Å². The van der Waals surface area contributed by atoms with E-state index in [4.69, 9.17) is 0 Å². The first-order valence-corrected chi connectivity index (χ1v) is 16.9. The number of benzene rings is 4. The third-order valence-corrected chi connectivity index (χ3v) is 10.5. The Kier molecular flexibility index (Phi) is 6.65. The Labute approximate surface area is 269 Å². The number of pyridine rings is 2. The van der Waals surface area contributed by atoms with Crippen molar-refractivity contribution in [2.24, 2.45) is 7.05 Å². The van der Waals surface area contributed by atoms with Gasteiger partial charge in [-0.25, -0.2) is 4.57 Å². The first-order valence-electron chi connectivity index (χ1n) is 16.9. The summed E-state index contributed by atoms with van der Waals surface area (Å²) < 4.78 is 5.02. The van der Waals surface area contributed by atoms with Crippen LogP contribution >= 0.6 is 0 Å². The minimum atomic E-state index is -0.0237. The summed E-state index contributed by atoms with van der Waals surface area (Å²) in [5, 5.41) is 6.78. The van der Waals surface area contributed by atoms with Crippen LogP contribution in [0.5, 0.6) is 0 Å². The van der Waals surface area contributed by atoms with Crippen LogP contribution in [0.4, 0.5) is 0 Å². The Hall–Kier alpha value is -3.91. The Morgan fingerprint density at radius 1 is 0.711 bits per heavy atom. The maximum atomic E-state index is 2.65. The van der Waals surface area contributed by atoms with Crippen LogP contribution in [-0.2, 0) is 12.5 Å². The Morgan fingerprint density at radius 2 is 1.36 bits per heavy atom. The molecule has 3 aromatic heterocycles. The molecule has 0 aliphatic rings. The number of nitrogens with zero attached hydrogens (tertiary/aromatic N) is 2. The third kappa shape index (κ3) is 4.17. The molecule has 0 saturated carbocycles. The summed E-state index contributed by atoms with van der Waals surface area (Å²) in [4.78, 5) is 0. The molecule has 0 bridgehead atoms. The Morgan fingerprint density at radius 3 is 1.96 bits per heavy atom. The van der Waals surface area contributed by atoms with Crippen molar-refractivity contribution in [3.8, 4) is 11.1 Å².